The molecule has 0 unspecified atom stereocenters. The van der Waals surface area contributed by atoms with Crippen LogP contribution in [0.5, 0.6) is 0 Å². The molecule has 1 aliphatic heterocycles. The first kappa shape index (κ1) is 26.0. The zero-order chi connectivity index (χ0) is 26.8. The van der Waals surface area contributed by atoms with Gasteiger partial charge in [-0.05, 0) is 57.4 Å². The molecule has 192 valence electrons. The lowest BCUT2D eigenvalue weighted by Crippen LogP contribution is -2.34. The molecule has 0 aliphatic carbocycles. The van der Waals surface area contributed by atoms with Crippen LogP contribution in [0.2, 0.25) is 5.15 Å². The molecule has 1 amide bonds. The van der Waals surface area contributed by atoms with Crippen LogP contribution in [0.1, 0.15) is 27.9 Å². The Morgan fingerprint density at radius 2 is 2.05 bits per heavy atom. The Kier molecular flexibility index (Phi) is 7.56. The third-order valence-electron chi connectivity index (χ3n) is 6.52. The zero-order valence-corrected chi connectivity index (χ0v) is 22.4. The number of benzene rings is 2. The number of hydrogen-bond donors (Lipinski definition) is 1. The number of pyridine rings is 1. The molecule has 3 heterocycles. The SMILES string of the molecule is N#Cc1ccc2c3c(n(C(=O)NCc4ccnc(Cl)c4)c2c1)CCN(CC=Cc1ccc(Br)c(F)c1F)C3. The monoisotopic (exact) mass is 595 g/mol. The molecule has 0 fully saturated rings. The Bertz CT molecular complexity index is 1630. The summed E-state index contributed by atoms with van der Waals surface area (Å²) in [6.07, 6.45) is 5.56. The molecule has 6 nitrogen and oxygen atoms in total. The van der Waals surface area contributed by atoms with E-state index in [1.165, 1.54) is 12.1 Å². The topological polar surface area (TPSA) is 74.0 Å². The first-order chi connectivity index (χ1) is 18.4. The van der Waals surface area contributed by atoms with Gasteiger partial charge >= 0.3 is 6.03 Å². The van der Waals surface area contributed by atoms with Gasteiger partial charge in [-0.3, -0.25) is 9.47 Å². The third-order valence-corrected chi connectivity index (χ3v) is 7.34. The summed E-state index contributed by atoms with van der Waals surface area (Å²) < 4.78 is 29.8. The number of nitrogens with one attached hydrogen (secondary N) is 1. The molecule has 38 heavy (non-hydrogen) atoms. The van der Waals surface area contributed by atoms with Crippen molar-refractivity contribution in [2.24, 2.45) is 0 Å². The molecule has 0 saturated heterocycles. The van der Waals surface area contributed by atoms with E-state index in [9.17, 15) is 18.8 Å². The third kappa shape index (κ3) is 5.20. The van der Waals surface area contributed by atoms with Crippen molar-refractivity contribution in [3.8, 4) is 6.07 Å². The summed E-state index contributed by atoms with van der Waals surface area (Å²) in [6.45, 7) is 2.04. The number of carbonyl (C=O) groups is 1. The molecular weight excluding hydrogens is 576 g/mol. The van der Waals surface area contributed by atoms with E-state index >= 15 is 0 Å². The molecule has 1 aliphatic rings. The average Bonchev–Trinajstić information content (AvgIpc) is 3.24. The van der Waals surface area contributed by atoms with Gasteiger partial charge in [0, 0.05) is 55.4 Å². The first-order valence-corrected chi connectivity index (χ1v) is 13.0. The van der Waals surface area contributed by atoms with Gasteiger partial charge in [0.1, 0.15) is 5.15 Å². The Labute approximate surface area is 231 Å². The minimum atomic E-state index is -0.912. The number of aromatic nitrogens is 2. The highest BCUT2D eigenvalue weighted by molar-refractivity contribution is 9.10. The van der Waals surface area contributed by atoms with E-state index in [0.29, 0.717) is 42.3 Å². The van der Waals surface area contributed by atoms with Gasteiger partial charge in [-0.15, -0.1) is 0 Å². The number of nitriles is 1. The number of rotatable bonds is 5. The predicted octanol–water partition coefficient (Wildman–Crippen LogP) is 6.43. The average molecular weight is 597 g/mol. The summed E-state index contributed by atoms with van der Waals surface area (Å²) >= 11 is 8.95. The van der Waals surface area contributed by atoms with Crippen LogP contribution in [-0.2, 0) is 19.5 Å². The Morgan fingerprint density at radius 1 is 1.21 bits per heavy atom. The summed E-state index contributed by atoms with van der Waals surface area (Å²) in [6, 6.07) is 13.7. The number of amides is 1. The summed E-state index contributed by atoms with van der Waals surface area (Å²) in [5.74, 6) is -1.81. The van der Waals surface area contributed by atoms with Crippen molar-refractivity contribution in [2.45, 2.75) is 19.5 Å². The molecule has 0 saturated carbocycles. The molecule has 0 spiro atoms. The van der Waals surface area contributed by atoms with Crippen LogP contribution in [0.25, 0.3) is 17.0 Å². The van der Waals surface area contributed by atoms with Crippen LogP contribution in [0, 0.1) is 23.0 Å². The Balaban J connectivity index is 1.39. The van der Waals surface area contributed by atoms with Crippen molar-refractivity contribution in [1.29, 1.82) is 5.26 Å². The van der Waals surface area contributed by atoms with Crippen LogP contribution < -0.4 is 5.32 Å². The maximum absolute atomic E-state index is 14.2. The van der Waals surface area contributed by atoms with Crippen LogP contribution in [0.3, 0.4) is 0 Å². The largest absolute Gasteiger partial charge is 0.333 e. The molecule has 2 aromatic heterocycles. The van der Waals surface area contributed by atoms with Crippen molar-refractivity contribution in [1.82, 2.24) is 19.8 Å². The van der Waals surface area contributed by atoms with Crippen molar-refractivity contribution < 1.29 is 13.6 Å². The Morgan fingerprint density at radius 3 is 2.84 bits per heavy atom. The summed E-state index contributed by atoms with van der Waals surface area (Å²) in [5, 5.41) is 13.6. The summed E-state index contributed by atoms with van der Waals surface area (Å²) in [7, 11) is 0. The van der Waals surface area contributed by atoms with E-state index in [0.717, 1.165) is 22.2 Å². The zero-order valence-electron chi connectivity index (χ0n) is 20.0. The van der Waals surface area contributed by atoms with Crippen molar-refractivity contribution in [3.63, 3.8) is 0 Å². The fourth-order valence-corrected chi connectivity index (χ4v) is 5.18. The molecule has 1 N–H and O–H groups in total. The maximum Gasteiger partial charge on any atom is 0.326 e. The van der Waals surface area contributed by atoms with E-state index in [2.05, 4.69) is 37.2 Å². The molecular formula is C28H21BrClF2N5O. The van der Waals surface area contributed by atoms with E-state index < -0.39 is 11.6 Å². The van der Waals surface area contributed by atoms with Crippen LogP contribution in [-0.4, -0.2) is 33.6 Å². The lowest BCUT2D eigenvalue weighted by Gasteiger charge is -2.27. The maximum atomic E-state index is 14.2. The minimum Gasteiger partial charge on any atom is -0.333 e. The number of carbonyl (C=O) groups excluding carboxylic acids is 1. The fraction of sp³-hybridized carbons (Fsp3) is 0.179. The number of halogens is 4. The number of fused-ring (bicyclic) bond motifs is 3. The second-order valence-electron chi connectivity index (χ2n) is 8.90. The summed E-state index contributed by atoms with van der Waals surface area (Å²) in [5.41, 5.74) is 4.03. The molecule has 10 heteroatoms. The second kappa shape index (κ2) is 11.0. The van der Waals surface area contributed by atoms with E-state index in [1.807, 2.05) is 6.07 Å². The molecule has 4 aromatic rings. The van der Waals surface area contributed by atoms with Crippen LogP contribution in [0.4, 0.5) is 13.6 Å². The summed E-state index contributed by atoms with van der Waals surface area (Å²) in [4.78, 5) is 19.5. The van der Waals surface area contributed by atoms with Crippen molar-refractivity contribution in [2.75, 3.05) is 13.1 Å². The lowest BCUT2D eigenvalue weighted by atomic mass is 10.0. The highest BCUT2D eigenvalue weighted by atomic mass is 79.9. The van der Waals surface area contributed by atoms with Gasteiger partial charge in [-0.25, -0.2) is 18.6 Å². The number of hydrogen-bond acceptors (Lipinski definition) is 4. The van der Waals surface area contributed by atoms with E-state index in [1.54, 1.807) is 47.2 Å². The number of nitrogens with zero attached hydrogens (tertiary/aromatic N) is 4. The molecule has 0 radical (unpaired) electrons. The fourth-order valence-electron chi connectivity index (χ4n) is 4.68. The second-order valence-corrected chi connectivity index (χ2v) is 10.1. The van der Waals surface area contributed by atoms with Gasteiger partial charge in [-0.2, -0.15) is 5.26 Å². The minimum absolute atomic E-state index is 0.0836. The molecule has 2 aromatic carbocycles. The highest BCUT2D eigenvalue weighted by Crippen LogP contribution is 2.32. The van der Waals surface area contributed by atoms with Crippen molar-refractivity contribution in [3.05, 3.63) is 104 Å². The van der Waals surface area contributed by atoms with Gasteiger partial charge in [0.2, 0.25) is 0 Å². The molecule has 0 atom stereocenters. The van der Waals surface area contributed by atoms with Crippen molar-refractivity contribution >= 4 is 50.5 Å². The van der Waals surface area contributed by atoms with E-state index in [4.69, 9.17) is 11.6 Å². The lowest BCUT2D eigenvalue weighted by molar-refractivity contribution is 0.240. The smallest absolute Gasteiger partial charge is 0.326 e. The first-order valence-electron chi connectivity index (χ1n) is 11.8. The molecule has 0 bridgehead atoms. The molecule has 5 rings (SSSR count). The Hall–Kier alpha value is -3.58. The predicted molar refractivity (Wildman–Crippen MR) is 146 cm³/mol. The highest BCUT2D eigenvalue weighted by Gasteiger charge is 2.26. The van der Waals surface area contributed by atoms with E-state index in [-0.39, 0.29) is 22.6 Å². The van der Waals surface area contributed by atoms with Crippen LogP contribution in [0.15, 0.2) is 59.2 Å². The van der Waals surface area contributed by atoms with Gasteiger partial charge in [0.05, 0.1) is 21.6 Å². The van der Waals surface area contributed by atoms with Gasteiger partial charge < -0.3 is 5.32 Å². The normalized spacial score (nSPS) is 13.6. The van der Waals surface area contributed by atoms with Gasteiger partial charge in [0.15, 0.2) is 11.6 Å². The standard InChI is InChI=1S/C28H21BrClF2N5O/c29-22-6-4-19(26(31)27(22)32)2-1-10-36-11-8-23-21(16-36)20-5-3-17(14-33)12-24(20)37(23)28(38)35-15-18-7-9-34-25(30)13-18/h1-7,9,12-13H,8,10-11,15-16H2,(H,35,38). The quantitative estimate of drug-likeness (QED) is 0.213. The van der Waals surface area contributed by atoms with Gasteiger partial charge in [0.25, 0.3) is 0 Å². The van der Waals surface area contributed by atoms with Crippen LogP contribution >= 0.6 is 27.5 Å². The van der Waals surface area contributed by atoms with Gasteiger partial charge in [-0.1, -0.05) is 35.9 Å².